The number of rotatable bonds is 7. The van der Waals surface area contributed by atoms with Gasteiger partial charge in [-0.3, -0.25) is 0 Å². The van der Waals surface area contributed by atoms with Crippen molar-refractivity contribution >= 4 is 82.0 Å². The fraction of sp³-hybridized carbons (Fsp3) is 0. The first-order valence-corrected chi connectivity index (χ1v) is 22.8. The Morgan fingerprint density at radius 1 is 0.273 bits per heavy atom. The van der Waals surface area contributed by atoms with Crippen molar-refractivity contribution in [2.24, 2.45) is 0 Å². The van der Waals surface area contributed by atoms with Crippen molar-refractivity contribution in [3.63, 3.8) is 0 Å². The zero-order chi connectivity index (χ0) is 43.6. The minimum Gasteiger partial charge on any atom is -0.309 e. The lowest BCUT2D eigenvalue weighted by molar-refractivity contribution is 1.19. The van der Waals surface area contributed by atoms with Crippen LogP contribution in [0.15, 0.2) is 255 Å². The Hall–Kier alpha value is -8.72. The molecule has 0 amide bonds. The van der Waals surface area contributed by atoms with Gasteiger partial charge in [-0.15, -0.1) is 0 Å². The van der Waals surface area contributed by atoms with Crippen molar-refractivity contribution in [2.75, 3.05) is 4.90 Å². The highest BCUT2D eigenvalue weighted by molar-refractivity contribution is 6.19. The van der Waals surface area contributed by atoms with E-state index in [0.29, 0.717) is 0 Å². The number of nitrogens with zero attached hydrogens (tertiary/aromatic N) is 2. The van der Waals surface area contributed by atoms with E-state index in [2.05, 4.69) is 264 Å². The summed E-state index contributed by atoms with van der Waals surface area (Å²) in [5.41, 5.74) is 14.0. The molecule has 308 valence electrons. The molecule has 66 heavy (non-hydrogen) atoms. The van der Waals surface area contributed by atoms with Gasteiger partial charge in [-0.05, 0) is 109 Å². The minimum absolute atomic E-state index is 1.08. The number of hydrogen-bond donors (Lipinski definition) is 0. The Bertz CT molecular complexity index is 4020. The molecule has 13 rings (SSSR count). The molecule has 0 aliphatic rings. The van der Waals surface area contributed by atoms with Gasteiger partial charge < -0.3 is 9.47 Å². The molecule has 12 aromatic carbocycles. The molecule has 1 heterocycles. The van der Waals surface area contributed by atoms with Crippen LogP contribution in [0.4, 0.5) is 17.1 Å². The smallest absolute Gasteiger partial charge is 0.0619 e. The van der Waals surface area contributed by atoms with Crippen molar-refractivity contribution in [1.82, 2.24) is 4.57 Å². The molecule has 0 saturated heterocycles. The molecular formula is C64H42N2. The number of para-hydroxylation sites is 2. The minimum atomic E-state index is 1.08. The molecule has 0 radical (unpaired) electrons. The van der Waals surface area contributed by atoms with Gasteiger partial charge in [0.2, 0.25) is 0 Å². The van der Waals surface area contributed by atoms with E-state index in [9.17, 15) is 0 Å². The van der Waals surface area contributed by atoms with Crippen LogP contribution in [-0.4, -0.2) is 4.57 Å². The van der Waals surface area contributed by atoms with E-state index in [1.165, 1.54) is 81.6 Å². The summed E-state index contributed by atoms with van der Waals surface area (Å²) >= 11 is 0. The number of fused-ring (bicyclic) bond motifs is 8. The van der Waals surface area contributed by atoms with Crippen LogP contribution in [-0.2, 0) is 0 Å². The van der Waals surface area contributed by atoms with Crippen LogP contribution in [0, 0.1) is 0 Å². The summed E-state index contributed by atoms with van der Waals surface area (Å²) in [6.07, 6.45) is 0. The van der Waals surface area contributed by atoms with Crippen molar-refractivity contribution in [1.29, 1.82) is 0 Å². The second kappa shape index (κ2) is 15.5. The second-order valence-electron chi connectivity index (χ2n) is 17.3. The summed E-state index contributed by atoms with van der Waals surface area (Å²) in [6.45, 7) is 0. The van der Waals surface area contributed by atoms with Gasteiger partial charge in [0.1, 0.15) is 0 Å². The Kier molecular flexibility index (Phi) is 8.89. The summed E-state index contributed by atoms with van der Waals surface area (Å²) in [4.78, 5) is 2.48. The third-order valence-electron chi connectivity index (χ3n) is 13.5. The van der Waals surface area contributed by atoms with Crippen molar-refractivity contribution < 1.29 is 0 Å². The van der Waals surface area contributed by atoms with Crippen LogP contribution < -0.4 is 4.90 Å². The Labute approximate surface area is 383 Å². The SMILES string of the molecule is c1cc(-c2cccc(-n3c4ccccc4c4ccc5ccccc5c43)c2)cc(N(c2ccccc2-c2ccc3ccccc3c2)c2ccc(-c3cccc4ccccc34)c3ccccc23)c1. The van der Waals surface area contributed by atoms with Crippen LogP contribution in [0.3, 0.4) is 0 Å². The molecule has 0 atom stereocenters. The van der Waals surface area contributed by atoms with Crippen LogP contribution in [0.1, 0.15) is 0 Å². The third kappa shape index (κ3) is 6.18. The number of hydrogen-bond acceptors (Lipinski definition) is 1. The number of benzene rings is 12. The summed E-state index contributed by atoms with van der Waals surface area (Å²) in [5.74, 6) is 0. The zero-order valence-corrected chi connectivity index (χ0v) is 36.1. The summed E-state index contributed by atoms with van der Waals surface area (Å²) in [5, 5.41) is 12.3. The zero-order valence-electron chi connectivity index (χ0n) is 36.1. The summed E-state index contributed by atoms with van der Waals surface area (Å²) < 4.78 is 2.45. The Balaban J connectivity index is 1.02. The molecule has 13 aromatic rings. The molecule has 2 heteroatoms. The molecule has 0 aliphatic carbocycles. The molecule has 0 unspecified atom stereocenters. The first kappa shape index (κ1) is 37.8. The monoisotopic (exact) mass is 838 g/mol. The molecule has 0 spiro atoms. The van der Waals surface area contributed by atoms with E-state index >= 15 is 0 Å². The quantitative estimate of drug-likeness (QED) is 0.155. The van der Waals surface area contributed by atoms with E-state index < -0.39 is 0 Å². The van der Waals surface area contributed by atoms with E-state index in [-0.39, 0.29) is 0 Å². The van der Waals surface area contributed by atoms with Gasteiger partial charge in [0.05, 0.1) is 22.4 Å². The van der Waals surface area contributed by atoms with Crippen molar-refractivity contribution in [2.45, 2.75) is 0 Å². The average molecular weight is 839 g/mol. The molecule has 0 fully saturated rings. The van der Waals surface area contributed by atoms with Gasteiger partial charge >= 0.3 is 0 Å². The second-order valence-corrected chi connectivity index (χ2v) is 17.3. The largest absolute Gasteiger partial charge is 0.309 e. The van der Waals surface area contributed by atoms with Gasteiger partial charge in [-0.1, -0.05) is 206 Å². The van der Waals surface area contributed by atoms with Crippen molar-refractivity contribution in [3.8, 4) is 39.1 Å². The lowest BCUT2D eigenvalue weighted by Crippen LogP contribution is -2.12. The molecule has 0 saturated carbocycles. The van der Waals surface area contributed by atoms with Gasteiger partial charge in [-0.2, -0.15) is 0 Å². The van der Waals surface area contributed by atoms with Crippen LogP contribution in [0.5, 0.6) is 0 Å². The topological polar surface area (TPSA) is 8.17 Å². The molecule has 0 N–H and O–H groups in total. The Morgan fingerprint density at radius 2 is 0.864 bits per heavy atom. The lowest BCUT2D eigenvalue weighted by Gasteiger charge is -2.30. The highest BCUT2D eigenvalue weighted by atomic mass is 15.1. The number of aromatic nitrogens is 1. The highest BCUT2D eigenvalue weighted by Gasteiger charge is 2.22. The maximum absolute atomic E-state index is 2.48. The maximum atomic E-state index is 2.48. The average Bonchev–Trinajstić information content (AvgIpc) is 3.74. The van der Waals surface area contributed by atoms with E-state index in [0.717, 1.165) is 39.4 Å². The molecule has 0 aliphatic heterocycles. The van der Waals surface area contributed by atoms with E-state index in [4.69, 9.17) is 0 Å². The predicted molar refractivity (Wildman–Crippen MR) is 282 cm³/mol. The van der Waals surface area contributed by atoms with Crippen LogP contribution in [0.25, 0.3) is 104 Å². The van der Waals surface area contributed by atoms with Gasteiger partial charge in [-0.25, -0.2) is 0 Å². The van der Waals surface area contributed by atoms with Gasteiger partial charge in [0.15, 0.2) is 0 Å². The summed E-state index contributed by atoms with van der Waals surface area (Å²) in [7, 11) is 0. The lowest BCUT2D eigenvalue weighted by atomic mass is 9.92. The third-order valence-corrected chi connectivity index (χ3v) is 13.5. The van der Waals surface area contributed by atoms with Gasteiger partial charge in [0, 0.05) is 38.5 Å². The van der Waals surface area contributed by atoms with Gasteiger partial charge in [0.25, 0.3) is 0 Å². The Morgan fingerprint density at radius 3 is 1.73 bits per heavy atom. The fourth-order valence-corrected chi connectivity index (χ4v) is 10.5. The van der Waals surface area contributed by atoms with E-state index in [1.807, 2.05) is 0 Å². The molecule has 0 bridgehead atoms. The first-order chi connectivity index (χ1) is 32.7. The van der Waals surface area contributed by atoms with Crippen molar-refractivity contribution in [3.05, 3.63) is 255 Å². The first-order valence-electron chi connectivity index (χ1n) is 22.8. The highest BCUT2D eigenvalue weighted by Crippen LogP contribution is 2.47. The number of anilines is 3. The molecular weight excluding hydrogens is 797 g/mol. The maximum Gasteiger partial charge on any atom is 0.0619 e. The van der Waals surface area contributed by atoms with E-state index in [1.54, 1.807) is 0 Å². The summed E-state index contributed by atoms with van der Waals surface area (Å²) in [6, 6.07) is 93.4. The fourth-order valence-electron chi connectivity index (χ4n) is 10.5. The van der Waals surface area contributed by atoms with Crippen LogP contribution in [0.2, 0.25) is 0 Å². The normalized spacial score (nSPS) is 11.6. The van der Waals surface area contributed by atoms with Crippen LogP contribution >= 0.6 is 0 Å². The molecule has 1 aromatic heterocycles. The standard InChI is InChI=1S/C64H42N2/c1-2-19-46-40-49(35-34-43(46)16-1)53-26-9-11-32-61(53)65(63-39-38-57(56-28-7-8-29-58(56)63)55-31-15-20-44-17-3-5-25-52(44)55)50-23-13-21-47(41-50)48-22-14-24-51(42-48)66-62-33-12-10-30-59(62)60-37-36-45-18-4-6-27-54(45)64(60)66/h1-42H. The predicted octanol–water partition coefficient (Wildman–Crippen LogP) is 17.9. The molecule has 2 nitrogen and oxygen atoms in total.